The first-order valence-corrected chi connectivity index (χ1v) is 5.57. The lowest BCUT2D eigenvalue weighted by molar-refractivity contribution is 0.0425. The molecule has 0 radical (unpaired) electrons. The lowest BCUT2D eigenvalue weighted by atomic mass is 9.84. The number of likely N-dealkylation sites (tertiary alicyclic amines) is 1. The van der Waals surface area contributed by atoms with Crippen LogP contribution in [0.3, 0.4) is 0 Å². The molecule has 3 aliphatic rings. The molecule has 3 fully saturated rings. The van der Waals surface area contributed by atoms with E-state index in [0.29, 0.717) is 0 Å². The number of nitrogens with one attached hydrogen (secondary N) is 2. The first kappa shape index (κ1) is 8.21. The normalized spacial score (nSPS) is 41.5. The minimum Gasteiger partial charge on any atom is -0.316 e. The maximum Gasteiger partial charge on any atom is 0.0345 e. The van der Waals surface area contributed by atoms with E-state index in [2.05, 4.69) is 15.5 Å². The maximum absolute atomic E-state index is 3.54. The summed E-state index contributed by atoms with van der Waals surface area (Å²) in [6, 6.07) is 0.864. The lowest BCUT2D eigenvalue weighted by Crippen LogP contribution is -2.62. The molecule has 0 aliphatic carbocycles. The molecule has 0 spiro atoms. The standard InChI is InChI=1S/C10H19N3/c1-8-2-11-3-9(1)7-13(6-8)10-4-12-5-10/h8-12H,1-7H2. The molecule has 3 nitrogen and oxygen atoms in total. The van der Waals surface area contributed by atoms with Crippen LogP contribution >= 0.6 is 0 Å². The third-order valence-electron chi connectivity index (χ3n) is 3.79. The number of hydrogen-bond donors (Lipinski definition) is 2. The Morgan fingerprint density at radius 2 is 1.46 bits per heavy atom. The van der Waals surface area contributed by atoms with Crippen LogP contribution in [-0.2, 0) is 0 Å². The predicted octanol–water partition coefficient (Wildman–Crippen LogP) is -0.500. The Morgan fingerprint density at radius 1 is 0.846 bits per heavy atom. The first-order valence-electron chi connectivity index (χ1n) is 5.57. The molecule has 2 atom stereocenters. The number of piperidine rings is 2. The molecule has 74 valence electrons. The molecular formula is C10H19N3. The molecule has 13 heavy (non-hydrogen) atoms. The molecule has 0 amide bonds. The zero-order chi connectivity index (χ0) is 8.67. The van der Waals surface area contributed by atoms with Crippen LogP contribution in [0.1, 0.15) is 6.42 Å². The van der Waals surface area contributed by atoms with Crippen molar-refractivity contribution in [3.63, 3.8) is 0 Å². The highest BCUT2D eigenvalue weighted by Gasteiger charge is 2.35. The minimum absolute atomic E-state index is 0.864. The highest BCUT2D eigenvalue weighted by atomic mass is 15.2. The molecule has 3 heterocycles. The summed E-state index contributed by atoms with van der Waals surface area (Å²) in [5, 5.41) is 6.91. The van der Waals surface area contributed by atoms with Crippen molar-refractivity contribution in [3.05, 3.63) is 0 Å². The van der Waals surface area contributed by atoms with E-state index >= 15 is 0 Å². The van der Waals surface area contributed by atoms with E-state index < -0.39 is 0 Å². The van der Waals surface area contributed by atoms with Gasteiger partial charge in [0.05, 0.1) is 0 Å². The molecular weight excluding hydrogens is 162 g/mol. The Morgan fingerprint density at radius 3 is 2.00 bits per heavy atom. The van der Waals surface area contributed by atoms with Crippen LogP contribution in [-0.4, -0.2) is 50.2 Å². The van der Waals surface area contributed by atoms with Crippen molar-refractivity contribution in [3.8, 4) is 0 Å². The van der Waals surface area contributed by atoms with Crippen molar-refractivity contribution >= 4 is 0 Å². The van der Waals surface area contributed by atoms with E-state index in [-0.39, 0.29) is 0 Å². The fraction of sp³-hybridized carbons (Fsp3) is 1.00. The van der Waals surface area contributed by atoms with E-state index in [9.17, 15) is 0 Å². The Labute approximate surface area is 79.9 Å². The van der Waals surface area contributed by atoms with Gasteiger partial charge in [-0.3, -0.25) is 4.90 Å². The van der Waals surface area contributed by atoms with E-state index in [1.807, 2.05) is 0 Å². The molecule has 0 saturated carbocycles. The van der Waals surface area contributed by atoms with Crippen LogP contribution in [0.2, 0.25) is 0 Å². The third-order valence-corrected chi connectivity index (χ3v) is 3.79. The third kappa shape index (κ3) is 1.49. The van der Waals surface area contributed by atoms with Crippen LogP contribution in [0.15, 0.2) is 0 Å². The lowest BCUT2D eigenvalue weighted by Gasteiger charge is -2.47. The quantitative estimate of drug-likeness (QED) is 0.571. The Kier molecular flexibility index (Phi) is 2.04. The fourth-order valence-electron chi connectivity index (χ4n) is 2.98. The summed E-state index contributed by atoms with van der Waals surface area (Å²) in [5.41, 5.74) is 0. The monoisotopic (exact) mass is 181 g/mol. The number of hydrogen-bond acceptors (Lipinski definition) is 3. The van der Waals surface area contributed by atoms with Crippen LogP contribution in [0.4, 0.5) is 0 Å². The molecule has 0 aromatic heterocycles. The van der Waals surface area contributed by atoms with Gasteiger partial charge in [-0.05, 0) is 31.3 Å². The zero-order valence-electron chi connectivity index (χ0n) is 8.13. The number of nitrogens with zero attached hydrogens (tertiary/aromatic N) is 1. The van der Waals surface area contributed by atoms with Crippen LogP contribution < -0.4 is 10.6 Å². The second-order valence-electron chi connectivity index (χ2n) is 4.89. The fourth-order valence-corrected chi connectivity index (χ4v) is 2.98. The smallest absolute Gasteiger partial charge is 0.0345 e. The summed E-state index contributed by atoms with van der Waals surface area (Å²) in [6.45, 7) is 7.66. The molecule has 2 N–H and O–H groups in total. The molecule has 3 aliphatic heterocycles. The van der Waals surface area contributed by atoms with Gasteiger partial charge in [-0.2, -0.15) is 0 Å². The Balaban J connectivity index is 1.64. The average molecular weight is 181 g/mol. The van der Waals surface area contributed by atoms with Gasteiger partial charge < -0.3 is 10.6 Å². The van der Waals surface area contributed by atoms with Crippen LogP contribution in [0, 0.1) is 11.8 Å². The van der Waals surface area contributed by atoms with E-state index in [4.69, 9.17) is 0 Å². The van der Waals surface area contributed by atoms with E-state index in [0.717, 1.165) is 17.9 Å². The summed E-state index contributed by atoms with van der Waals surface area (Å²) in [7, 11) is 0. The van der Waals surface area contributed by atoms with Gasteiger partial charge in [-0.1, -0.05) is 0 Å². The van der Waals surface area contributed by atoms with Gasteiger partial charge in [-0.25, -0.2) is 0 Å². The van der Waals surface area contributed by atoms with Gasteiger partial charge in [0, 0.05) is 32.2 Å². The Hall–Kier alpha value is -0.120. The van der Waals surface area contributed by atoms with Crippen molar-refractivity contribution < 1.29 is 0 Å². The van der Waals surface area contributed by atoms with Gasteiger partial charge >= 0.3 is 0 Å². The highest BCUT2D eigenvalue weighted by molar-refractivity contribution is 4.92. The van der Waals surface area contributed by atoms with Crippen molar-refractivity contribution in [1.82, 2.24) is 15.5 Å². The highest BCUT2D eigenvalue weighted by Crippen LogP contribution is 2.26. The summed E-state index contributed by atoms with van der Waals surface area (Å²) in [5.74, 6) is 1.88. The van der Waals surface area contributed by atoms with E-state index in [1.165, 1.54) is 45.7 Å². The summed E-state index contributed by atoms with van der Waals surface area (Å²) >= 11 is 0. The van der Waals surface area contributed by atoms with Gasteiger partial charge in [0.15, 0.2) is 0 Å². The SMILES string of the molecule is C1NCC2CC1CN(C1CNC1)C2. The molecule has 0 aromatic rings. The number of fused-ring (bicyclic) bond motifs is 2. The van der Waals surface area contributed by atoms with Gasteiger partial charge in [0.1, 0.15) is 0 Å². The molecule has 2 bridgehead atoms. The van der Waals surface area contributed by atoms with Crippen molar-refractivity contribution in [1.29, 1.82) is 0 Å². The van der Waals surface area contributed by atoms with Gasteiger partial charge in [-0.15, -0.1) is 0 Å². The minimum atomic E-state index is 0.864. The molecule has 3 heteroatoms. The average Bonchev–Trinajstić information content (AvgIpc) is 2.00. The second kappa shape index (κ2) is 3.23. The van der Waals surface area contributed by atoms with Crippen molar-refractivity contribution in [2.45, 2.75) is 12.5 Å². The summed E-state index contributed by atoms with van der Waals surface area (Å²) in [6.07, 6.45) is 1.48. The molecule has 2 unspecified atom stereocenters. The Bertz CT molecular complexity index is 179. The van der Waals surface area contributed by atoms with Crippen molar-refractivity contribution in [2.75, 3.05) is 39.3 Å². The molecule has 3 rings (SSSR count). The summed E-state index contributed by atoms with van der Waals surface area (Å²) in [4.78, 5) is 2.72. The predicted molar refractivity (Wildman–Crippen MR) is 52.7 cm³/mol. The molecule has 3 saturated heterocycles. The van der Waals surface area contributed by atoms with Crippen LogP contribution in [0.5, 0.6) is 0 Å². The van der Waals surface area contributed by atoms with Crippen molar-refractivity contribution in [2.24, 2.45) is 11.8 Å². The zero-order valence-corrected chi connectivity index (χ0v) is 8.13. The molecule has 0 aromatic carbocycles. The second-order valence-corrected chi connectivity index (χ2v) is 4.89. The summed E-state index contributed by atoms with van der Waals surface area (Å²) < 4.78 is 0. The topological polar surface area (TPSA) is 27.3 Å². The van der Waals surface area contributed by atoms with Crippen LogP contribution in [0.25, 0.3) is 0 Å². The van der Waals surface area contributed by atoms with Gasteiger partial charge in [0.2, 0.25) is 0 Å². The largest absolute Gasteiger partial charge is 0.316 e. The number of rotatable bonds is 1. The maximum atomic E-state index is 3.54. The van der Waals surface area contributed by atoms with E-state index in [1.54, 1.807) is 0 Å². The first-order chi connectivity index (χ1) is 6.42. The van der Waals surface area contributed by atoms with Gasteiger partial charge in [0.25, 0.3) is 0 Å².